The number of methoxy groups -OCH3 is 1. The van der Waals surface area contributed by atoms with Crippen LogP contribution in [0.15, 0.2) is 42.5 Å². The molecular weight excluding hydrogens is 361 g/mol. The van der Waals surface area contributed by atoms with Gasteiger partial charge in [0.2, 0.25) is 11.8 Å². The summed E-state index contributed by atoms with van der Waals surface area (Å²) in [5, 5.41) is 5.28. The van der Waals surface area contributed by atoms with Crippen LogP contribution in [0.25, 0.3) is 0 Å². The zero-order valence-electron chi connectivity index (χ0n) is 14.8. The van der Waals surface area contributed by atoms with E-state index in [1.165, 1.54) is 19.2 Å². The summed E-state index contributed by atoms with van der Waals surface area (Å²) in [6, 6.07) is 9.60. The Bertz CT molecular complexity index is 835. The Labute approximate surface area is 154 Å². The average molecular weight is 380 g/mol. The van der Waals surface area contributed by atoms with Gasteiger partial charge in [-0.2, -0.15) is 13.2 Å². The molecule has 2 N–H and O–H groups in total. The molecular formula is C19H19F3N2O3. The van der Waals surface area contributed by atoms with Gasteiger partial charge in [0.15, 0.2) is 0 Å². The number of alkyl halides is 3. The third-order valence-electron chi connectivity index (χ3n) is 3.69. The summed E-state index contributed by atoms with van der Waals surface area (Å²) in [6.45, 7) is 1.66. The van der Waals surface area contributed by atoms with Crippen molar-refractivity contribution in [2.45, 2.75) is 19.5 Å². The fourth-order valence-electron chi connectivity index (χ4n) is 2.40. The Hall–Kier alpha value is -2.87. The van der Waals surface area contributed by atoms with Gasteiger partial charge in [0, 0.05) is 18.5 Å². The molecule has 144 valence electrons. The van der Waals surface area contributed by atoms with E-state index < -0.39 is 17.6 Å². The molecule has 0 aliphatic carbocycles. The second-order valence-electron chi connectivity index (χ2n) is 5.93. The Kier molecular flexibility index (Phi) is 6.57. The second-order valence-corrected chi connectivity index (χ2v) is 5.93. The van der Waals surface area contributed by atoms with Crippen molar-refractivity contribution in [2.75, 3.05) is 24.4 Å². The van der Waals surface area contributed by atoms with Crippen molar-refractivity contribution in [1.82, 2.24) is 0 Å². The molecule has 0 aliphatic rings. The summed E-state index contributed by atoms with van der Waals surface area (Å²) in [7, 11) is 1.40. The first kappa shape index (κ1) is 20.4. The first-order chi connectivity index (χ1) is 12.7. The van der Waals surface area contributed by atoms with E-state index in [0.29, 0.717) is 11.4 Å². The zero-order valence-corrected chi connectivity index (χ0v) is 14.8. The molecule has 0 radical (unpaired) electrons. The maximum absolute atomic E-state index is 12.8. The monoisotopic (exact) mass is 380 g/mol. The molecule has 0 aromatic heterocycles. The highest BCUT2D eigenvalue weighted by atomic mass is 19.4. The van der Waals surface area contributed by atoms with Gasteiger partial charge in [-0.25, -0.2) is 0 Å². The van der Waals surface area contributed by atoms with Crippen molar-refractivity contribution in [1.29, 1.82) is 0 Å². The molecule has 0 fully saturated rings. The maximum atomic E-state index is 12.8. The fraction of sp³-hybridized carbons (Fsp3) is 0.263. The van der Waals surface area contributed by atoms with Crippen molar-refractivity contribution in [3.8, 4) is 0 Å². The smallest absolute Gasteiger partial charge is 0.375 e. The van der Waals surface area contributed by atoms with Crippen LogP contribution in [0.2, 0.25) is 0 Å². The average Bonchev–Trinajstić information content (AvgIpc) is 2.57. The van der Waals surface area contributed by atoms with Crippen LogP contribution in [0.5, 0.6) is 0 Å². The van der Waals surface area contributed by atoms with E-state index >= 15 is 0 Å². The minimum Gasteiger partial charge on any atom is -0.375 e. The third-order valence-corrected chi connectivity index (χ3v) is 3.69. The van der Waals surface area contributed by atoms with Crippen molar-refractivity contribution in [2.24, 2.45) is 0 Å². The van der Waals surface area contributed by atoms with Gasteiger partial charge in [-0.3, -0.25) is 9.59 Å². The molecule has 0 aliphatic heterocycles. The van der Waals surface area contributed by atoms with Crippen LogP contribution < -0.4 is 10.6 Å². The number of hydrogen-bond donors (Lipinski definition) is 2. The molecule has 0 heterocycles. The van der Waals surface area contributed by atoms with Crippen molar-refractivity contribution in [3.63, 3.8) is 0 Å². The predicted octanol–water partition coefficient (Wildman–Crippen LogP) is 3.78. The van der Waals surface area contributed by atoms with Crippen LogP contribution in [0.4, 0.5) is 24.5 Å². The molecule has 0 atom stereocenters. The van der Waals surface area contributed by atoms with Gasteiger partial charge in [-0.05, 0) is 36.2 Å². The van der Waals surface area contributed by atoms with Crippen LogP contribution in [-0.4, -0.2) is 25.5 Å². The lowest BCUT2D eigenvalue weighted by Crippen LogP contribution is -2.18. The van der Waals surface area contributed by atoms with Gasteiger partial charge in [0.1, 0.15) is 6.61 Å². The molecule has 2 aromatic rings. The summed E-state index contributed by atoms with van der Waals surface area (Å²) < 4.78 is 43.0. The zero-order chi connectivity index (χ0) is 20.0. The van der Waals surface area contributed by atoms with Crippen LogP contribution in [0.3, 0.4) is 0 Å². The van der Waals surface area contributed by atoms with Gasteiger partial charge >= 0.3 is 6.18 Å². The van der Waals surface area contributed by atoms with Gasteiger partial charge in [0.05, 0.1) is 12.0 Å². The molecule has 27 heavy (non-hydrogen) atoms. The number of benzene rings is 2. The second kappa shape index (κ2) is 8.68. The molecule has 0 bridgehead atoms. The van der Waals surface area contributed by atoms with E-state index in [9.17, 15) is 22.8 Å². The van der Waals surface area contributed by atoms with E-state index in [2.05, 4.69) is 10.6 Å². The number of carbonyl (C=O) groups is 2. The topological polar surface area (TPSA) is 67.4 Å². The molecule has 2 amide bonds. The molecule has 0 saturated carbocycles. The van der Waals surface area contributed by atoms with Gasteiger partial charge in [0.25, 0.3) is 0 Å². The summed E-state index contributed by atoms with van der Waals surface area (Å²) in [6.07, 6.45) is -4.67. The van der Waals surface area contributed by atoms with E-state index in [0.717, 1.165) is 17.7 Å². The Balaban J connectivity index is 2.08. The van der Waals surface area contributed by atoms with Crippen molar-refractivity contribution >= 4 is 23.2 Å². The van der Waals surface area contributed by atoms with Crippen LogP contribution in [0.1, 0.15) is 16.7 Å². The Morgan fingerprint density at radius 3 is 2.44 bits per heavy atom. The third kappa shape index (κ3) is 6.10. The highest BCUT2D eigenvalue weighted by Crippen LogP contribution is 2.29. The number of rotatable bonds is 6. The summed E-state index contributed by atoms with van der Waals surface area (Å²) in [4.78, 5) is 23.8. The largest absolute Gasteiger partial charge is 0.416 e. The molecule has 0 saturated heterocycles. The van der Waals surface area contributed by atoms with Crippen LogP contribution >= 0.6 is 0 Å². The van der Waals surface area contributed by atoms with Crippen LogP contribution in [-0.2, 0) is 26.9 Å². The van der Waals surface area contributed by atoms with Crippen molar-refractivity contribution < 1.29 is 27.5 Å². The highest BCUT2D eigenvalue weighted by Gasteiger charge is 2.30. The molecule has 0 spiro atoms. The molecule has 0 unspecified atom stereocenters. The number of aryl methyl sites for hydroxylation is 1. The van der Waals surface area contributed by atoms with E-state index in [1.54, 1.807) is 25.1 Å². The molecule has 5 nitrogen and oxygen atoms in total. The van der Waals surface area contributed by atoms with E-state index in [4.69, 9.17) is 4.74 Å². The normalized spacial score (nSPS) is 11.1. The standard InChI is InChI=1S/C19H19F3N2O3/c1-12-6-7-15(23-18(26)11-27-2)10-16(12)24-17(25)9-13-4-3-5-14(8-13)19(20,21)22/h3-8,10H,9,11H2,1-2H3,(H,23,26)(H,24,25). The number of ether oxygens (including phenoxy) is 1. The lowest BCUT2D eigenvalue weighted by molar-refractivity contribution is -0.137. The highest BCUT2D eigenvalue weighted by molar-refractivity contribution is 5.95. The van der Waals surface area contributed by atoms with Gasteiger partial charge in [-0.1, -0.05) is 24.3 Å². The number of carbonyl (C=O) groups excluding carboxylic acids is 2. The minimum absolute atomic E-state index is 0.106. The fourth-order valence-corrected chi connectivity index (χ4v) is 2.40. The lowest BCUT2D eigenvalue weighted by Gasteiger charge is -2.12. The van der Waals surface area contributed by atoms with E-state index in [1.807, 2.05) is 0 Å². The quantitative estimate of drug-likeness (QED) is 0.802. The number of nitrogens with one attached hydrogen (secondary N) is 2. The number of halogens is 3. The van der Waals surface area contributed by atoms with Gasteiger partial charge < -0.3 is 15.4 Å². The number of anilines is 2. The summed E-state index contributed by atoms with van der Waals surface area (Å²) in [5.74, 6) is -0.805. The number of amides is 2. The lowest BCUT2D eigenvalue weighted by atomic mass is 10.1. The van der Waals surface area contributed by atoms with Gasteiger partial charge in [-0.15, -0.1) is 0 Å². The summed E-state index contributed by atoms with van der Waals surface area (Å²) >= 11 is 0. The maximum Gasteiger partial charge on any atom is 0.416 e. The predicted molar refractivity (Wildman–Crippen MR) is 95.5 cm³/mol. The Morgan fingerprint density at radius 1 is 1.04 bits per heavy atom. The first-order valence-electron chi connectivity index (χ1n) is 8.04. The SMILES string of the molecule is COCC(=O)Nc1ccc(C)c(NC(=O)Cc2cccc(C(F)(F)F)c2)c1. The van der Waals surface area contributed by atoms with Crippen molar-refractivity contribution in [3.05, 3.63) is 59.2 Å². The van der Waals surface area contributed by atoms with Crippen LogP contribution in [0, 0.1) is 6.92 Å². The minimum atomic E-state index is -4.46. The molecule has 8 heteroatoms. The summed E-state index contributed by atoms with van der Waals surface area (Å²) in [5.41, 5.74) is 1.13. The Morgan fingerprint density at radius 2 is 1.78 bits per heavy atom. The molecule has 2 aromatic carbocycles. The number of hydrogen-bond acceptors (Lipinski definition) is 3. The van der Waals surface area contributed by atoms with E-state index in [-0.39, 0.29) is 24.5 Å². The molecule has 2 rings (SSSR count). The first-order valence-corrected chi connectivity index (χ1v) is 8.04.